The molecule has 0 fully saturated rings. The molecule has 66 valence electrons. The van der Waals surface area contributed by atoms with E-state index in [0.717, 1.165) is 0 Å². The van der Waals surface area contributed by atoms with E-state index in [2.05, 4.69) is 19.1 Å². The fourth-order valence-corrected chi connectivity index (χ4v) is 0.815. The van der Waals surface area contributed by atoms with Gasteiger partial charge in [0.05, 0.1) is 0 Å². The Hall–Kier alpha value is -1.12. The van der Waals surface area contributed by atoms with Crippen molar-refractivity contribution in [1.82, 2.24) is 15.0 Å². The highest BCUT2D eigenvalue weighted by Crippen LogP contribution is 2.02. The monoisotopic (exact) mass is 190 g/mol. The zero-order chi connectivity index (χ0) is 8.97. The molecule has 0 aliphatic heterocycles. The van der Waals surface area contributed by atoms with Gasteiger partial charge in [-0.3, -0.25) is 5.73 Å². The molecule has 0 radical (unpaired) electrons. The number of thiol groups is 1. The highest BCUT2D eigenvalue weighted by atomic mass is 32.2. The summed E-state index contributed by atoms with van der Waals surface area (Å²) in [7, 11) is -2.99. The number of hydrogen-bond donors (Lipinski definition) is 2. The lowest BCUT2D eigenvalue weighted by Crippen LogP contribution is -2.16. The van der Waals surface area contributed by atoms with Gasteiger partial charge in [-0.2, -0.15) is 0 Å². The van der Waals surface area contributed by atoms with Crippen LogP contribution in [0.3, 0.4) is 0 Å². The van der Waals surface area contributed by atoms with E-state index in [0.29, 0.717) is 0 Å². The van der Waals surface area contributed by atoms with Crippen molar-refractivity contribution in [2.45, 2.75) is 6.23 Å². The Bertz CT molecular complexity index is 305. The molecule has 0 saturated heterocycles. The van der Waals surface area contributed by atoms with Crippen molar-refractivity contribution in [2.75, 3.05) is 0 Å². The lowest BCUT2D eigenvalue weighted by molar-refractivity contribution is 0.221. The Morgan fingerprint density at radius 2 is 2.00 bits per heavy atom. The molecule has 0 amide bonds. The summed E-state index contributed by atoms with van der Waals surface area (Å²) >= 11 is 0. The van der Waals surface area contributed by atoms with Crippen LogP contribution in [-0.2, 0) is 15.2 Å². The molecule has 1 aromatic heterocycles. The maximum absolute atomic E-state index is 10.0. The highest BCUT2D eigenvalue weighted by Gasteiger charge is 2.09. The van der Waals surface area contributed by atoms with Gasteiger partial charge >= 0.3 is 0 Å². The van der Waals surface area contributed by atoms with Gasteiger partial charge in [-0.05, 0) is 0 Å². The first-order valence-corrected chi connectivity index (χ1v) is 3.98. The van der Waals surface area contributed by atoms with E-state index < -0.39 is 17.2 Å². The van der Waals surface area contributed by atoms with Crippen molar-refractivity contribution < 1.29 is 12.6 Å². The van der Waals surface area contributed by atoms with Crippen LogP contribution in [0.4, 0.5) is 0 Å². The molecule has 0 aromatic carbocycles. The quantitative estimate of drug-likeness (QED) is 0.435. The minimum absolute atomic E-state index is 0.0733. The predicted octanol–water partition coefficient (Wildman–Crippen LogP) is -1.63. The zero-order valence-electron chi connectivity index (χ0n) is 5.82. The van der Waals surface area contributed by atoms with Gasteiger partial charge in [-0.15, -0.1) is 0 Å². The average Bonchev–Trinajstić information content (AvgIpc) is 2.05. The van der Waals surface area contributed by atoms with Gasteiger partial charge in [0.2, 0.25) is 0 Å². The van der Waals surface area contributed by atoms with Gasteiger partial charge in [0.25, 0.3) is 11.0 Å². The lowest BCUT2D eigenvalue weighted by Gasteiger charge is -2.03. The first-order valence-electron chi connectivity index (χ1n) is 2.89. The number of nitrogens with two attached hydrogens (primary N) is 1. The fraction of sp³-hybridized carbons (Fsp3) is 0.250. The van der Waals surface area contributed by atoms with E-state index in [1.54, 1.807) is 0 Å². The summed E-state index contributed by atoms with van der Waals surface area (Å²) in [5.41, 5.74) is 5.24. The summed E-state index contributed by atoms with van der Waals surface area (Å²) in [6.07, 6.45) is 1.24. The van der Waals surface area contributed by atoms with Crippen LogP contribution in [-0.4, -0.2) is 23.4 Å². The van der Waals surface area contributed by atoms with Crippen LogP contribution in [0, 0.1) is 0 Å². The second-order valence-corrected chi connectivity index (χ2v) is 2.40. The second kappa shape index (κ2) is 4.04. The summed E-state index contributed by atoms with van der Waals surface area (Å²) in [6, 6.07) is 0. The molecule has 0 aliphatic carbocycles. The molecular formula is C4H6N4O3S. The molecule has 0 spiro atoms. The van der Waals surface area contributed by atoms with Crippen molar-refractivity contribution in [3.05, 3.63) is 18.5 Å². The van der Waals surface area contributed by atoms with Gasteiger partial charge in [-0.1, -0.05) is 0 Å². The Kier molecular flexibility index (Phi) is 3.02. The summed E-state index contributed by atoms with van der Waals surface area (Å²) < 4.78 is 24.3. The number of hydrogen-bond acceptors (Lipinski definition) is 7. The van der Waals surface area contributed by atoms with Crippen LogP contribution >= 0.6 is 0 Å². The molecule has 2 N–H and O–H groups in total. The number of rotatable bonds is 3. The van der Waals surface area contributed by atoms with E-state index in [9.17, 15) is 8.42 Å². The summed E-state index contributed by atoms with van der Waals surface area (Å²) in [6.45, 7) is 0. The van der Waals surface area contributed by atoms with Gasteiger partial charge in [0.1, 0.15) is 12.7 Å². The predicted molar refractivity (Wildman–Crippen MR) is 38.2 cm³/mol. The average molecular weight is 190 g/mol. The van der Waals surface area contributed by atoms with Crippen molar-refractivity contribution in [1.29, 1.82) is 0 Å². The second-order valence-electron chi connectivity index (χ2n) is 1.75. The number of aromatic nitrogens is 3. The molecule has 1 aromatic rings. The molecule has 0 aliphatic rings. The maximum atomic E-state index is 10.0. The minimum Gasteiger partial charge on any atom is -0.298 e. The van der Waals surface area contributed by atoms with Gasteiger partial charge < -0.3 is 0 Å². The van der Waals surface area contributed by atoms with Crippen LogP contribution in [0.5, 0.6) is 0 Å². The Morgan fingerprint density at radius 1 is 1.42 bits per heavy atom. The van der Waals surface area contributed by atoms with Crippen LogP contribution in [0.1, 0.15) is 12.1 Å². The molecule has 1 atom stereocenters. The third kappa shape index (κ3) is 2.49. The van der Waals surface area contributed by atoms with E-state index in [-0.39, 0.29) is 5.82 Å². The topological polar surface area (TPSA) is 108 Å². The molecule has 1 heterocycles. The summed E-state index contributed by atoms with van der Waals surface area (Å²) in [4.78, 5) is 10.7. The first kappa shape index (κ1) is 8.97. The van der Waals surface area contributed by atoms with E-state index in [1.165, 1.54) is 12.7 Å². The standard InChI is InChI=1S/C4H6N4O3S/c5-3(11-12(9)10)4-7-1-6-2-8-4/h1-3,12H,5H2. The SMILES string of the molecule is NC(O[SH](=O)=O)c1ncncn1. The van der Waals surface area contributed by atoms with E-state index >= 15 is 0 Å². The third-order valence-electron chi connectivity index (χ3n) is 0.967. The van der Waals surface area contributed by atoms with Gasteiger partial charge in [0, 0.05) is 0 Å². The third-order valence-corrected chi connectivity index (χ3v) is 1.37. The smallest absolute Gasteiger partial charge is 0.259 e. The summed E-state index contributed by atoms with van der Waals surface area (Å²) in [5.74, 6) is 0.0733. The molecule has 12 heavy (non-hydrogen) atoms. The zero-order valence-corrected chi connectivity index (χ0v) is 6.72. The Morgan fingerprint density at radius 3 is 2.50 bits per heavy atom. The molecular weight excluding hydrogens is 184 g/mol. The summed E-state index contributed by atoms with van der Waals surface area (Å²) in [5, 5.41) is 0. The van der Waals surface area contributed by atoms with Crippen LogP contribution in [0.2, 0.25) is 0 Å². The van der Waals surface area contributed by atoms with Crippen molar-refractivity contribution in [3.8, 4) is 0 Å². The highest BCUT2D eigenvalue weighted by molar-refractivity contribution is 7.67. The molecule has 1 rings (SSSR count). The molecule has 1 unspecified atom stereocenters. The molecule has 0 saturated carbocycles. The van der Waals surface area contributed by atoms with Crippen LogP contribution in [0.25, 0.3) is 0 Å². The Balaban J connectivity index is 2.71. The molecule has 8 heteroatoms. The van der Waals surface area contributed by atoms with Crippen molar-refractivity contribution in [3.63, 3.8) is 0 Å². The molecule has 7 nitrogen and oxygen atoms in total. The van der Waals surface area contributed by atoms with Crippen molar-refractivity contribution in [2.24, 2.45) is 5.73 Å². The molecule has 0 bridgehead atoms. The largest absolute Gasteiger partial charge is 0.298 e. The van der Waals surface area contributed by atoms with E-state index in [1.807, 2.05) is 0 Å². The minimum atomic E-state index is -2.99. The number of nitrogens with zero attached hydrogens (tertiary/aromatic N) is 3. The van der Waals surface area contributed by atoms with Gasteiger partial charge in [0.15, 0.2) is 12.1 Å². The normalized spacial score (nSPS) is 13.2. The lowest BCUT2D eigenvalue weighted by atomic mass is 10.5. The maximum Gasteiger partial charge on any atom is 0.259 e. The Labute approximate surface area is 69.8 Å². The van der Waals surface area contributed by atoms with Crippen LogP contribution in [0.15, 0.2) is 12.7 Å². The van der Waals surface area contributed by atoms with Gasteiger partial charge in [-0.25, -0.2) is 27.6 Å². The first-order chi connectivity index (χ1) is 5.70. The van der Waals surface area contributed by atoms with Crippen molar-refractivity contribution >= 4 is 11.0 Å². The van der Waals surface area contributed by atoms with Crippen LogP contribution < -0.4 is 5.73 Å². The van der Waals surface area contributed by atoms with E-state index in [4.69, 9.17) is 5.73 Å². The fourth-order valence-electron chi connectivity index (χ4n) is 0.535.